The molecule has 0 aliphatic rings. The van der Waals surface area contributed by atoms with E-state index in [0.717, 1.165) is 12.8 Å². The van der Waals surface area contributed by atoms with Crippen molar-refractivity contribution in [2.75, 3.05) is 13.2 Å². The number of fused-ring (bicyclic) bond motifs is 1. The summed E-state index contributed by atoms with van der Waals surface area (Å²) in [6.07, 6.45) is 3.29. The highest BCUT2D eigenvalue weighted by Crippen LogP contribution is 2.52. The molecule has 2 rings (SSSR count). The highest BCUT2D eigenvalue weighted by molar-refractivity contribution is 6.31. The maximum absolute atomic E-state index is 12.4. The highest BCUT2D eigenvalue weighted by Gasteiger charge is 2.27. The molecule has 0 heterocycles. The summed E-state index contributed by atoms with van der Waals surface area (Å²) < 4.78 is 23.4. The van der Waals surface area contributed by atoms with Gasteiger partial charge >= 0.3 is 11.9 Å². The molecule has 7 heteroatoms. The van der Waals surface area contributed by atoms with E-state index in [9.17, 15) is 9.59 Å². The number of esters is 2. The van der Waals surface area contributed by atoms with Crippen LogP contribution in [-0.2, 0) is 9.59 Å². The van der Waals surface area contributed by atoms with Crippen molar-refractivity contribution in [2.24, 2.45) is 0 Å². The second kappa shape index (κ2) is 12.4. The SMILES string of the molecule is CCCOc1c(OCCC)c(OC(=O)CCC)c2cc(Cl)ccc2c1OC(=O)CCC. The summed E-state index contributed by atoms with van der Waals surface area (Å²) in [5.41, 5.74) is 0. The second-order valence-corrected chi connectivity index (χ2v) is 7.59. The third-order valence-electron chi connectivity index (χ3n) is 4.33. The number of benzene rings is 2. The first-order valence-corrected chi connectivity index (χ1v) is 11.3. The van der Waals surface area contributed by atoms with Gasteiger partial charge in [0.15, 0.2) is 11.5 Å². The molecule has 0 bridgehead atoms. The molecule has 0 radical (unpaired) electrons. The van der Waals surface area contributed by atoms with E-state index in [-0.39, 0.29) is 47.8 Å². The van der Waals surface area contributed by atoms with Crippen molar-refractivity contribution >= 4 is 34.3 Å². The lowest BCUT2D eigenvalue weighted by Crippen LogP contribution is -2.13. The Bertz CT molecular complexity index is 909. The van der Waals surface area contributed by atoms with Crippen molar-refractivity contribution in [1.29, 1.82) is 0 Å². The molecule has 0 spiro atoms. The maximum atomic E-state index is 12.4. The molecular weight excluding hydrogens is 420 g/mol. The molecular formula is C24H31ClO6. The van der Waals surface area contributed by atoms with E-state index < -0.39 is 0 Å². The molecule has 0 N–H and O–H groups in total. The largest absolute Gasteiger partial charge is 0.486 e. The lowest BCUT2D eigenvalue weighted by atomic mass is 10.1. The number of hydrogen-bond acceptors (Lipinski definition) is 6. The van der Waals surface area contributed by atoms with E-state index in [4.69, 9.17) is 30.5 Å². The van der Waals surface area contributed by atoms with Crippen LogP contribution in [-0.4, -0.2) is 25.2 Å². The molecule has 0 saturated carbocycles. The average Bonchev–Trinajstić information content (AvgIpc) is 2.73. The molecule has 31 heavy (non-hydrogen) atoms. The number of carbonyl (C=O) groups excluding carboxylic acids is 2. The van der Waals surface area contributed by atoms with Crippen molar-refractivity contribution in [3.05, 3.63) is 23.2 Å². The van der Waals surface area contributed by atoms with Gasteiger partial charge in [-0.3, -0.25) is 9.59 Å². The van der Waals surface area contributed by atoms with E-state index in [2.05, 4.69) is 0 Å². The lowest BCUT2D eigenvalue weighted by Gasteiger charge is -2.21. The zero-order valence-electron chi connectivity index (χ0n) is 18.7. The predicted molar refractivity (Wildman–Crippen MR) is 122 cm³/mol. The Kier molecular flexibility index (Phi) is 9.92. The zero-order chi connectivity index (χ0) is 22.8. The molecule has 2 aromatic rings. The van der Waals surface area contributed by atoms with Crippen LogP contribution in [0.4, 0.5) is 0 Å². The summed E-state index contributed by atoms with van der Waals surface area (Å²) in [4.78, 5) is 24.8. The van der Waals surface area contributed by atoms with Gasteiger partial charge in [0, 0.05) is 28.6 Å². The molecule has 0 aliphatic carbocycles. The van der Waals surface area contributed by atoms with Crippen LogP contribution in [0.25, 0.3) is 10.8 Å². The minimum atomic E-state index is -0.387. The van der Waals surface area contributed by atoms with Gasteiger partial charge in [0.25, 0.3) is 0 Å². The van der Waals surface area contributed by atoms with Gasteiger partial charge in [0.05, 0.1) is 13.2 Å². The summed E-state index contributed by atoms with van der Waals surface area (Å²) in [6, 6.07) is 5.09. The quantitative estimate of drug-likeness (QED) is 0.272. The van der Waals surface area contributed by atoms with Gasteiger partial charge in [-0.25, -0.2) is 0 Å². The number of hydrogen-bond donors (Lipinski definition) is 0. The third-order valence-corrected chi connectivity index (χ3v) is 4.57. The second-order valence-electron chi connectivity index (χ2n) is 7.15. The fourth-order valence-electron chi connectivity index (χ4n) is 2.96. The molecule has 0 aliphatic heterocycles. The number of halogens is 1. The van der Waals surface area contributed by atoms with Crippen LogP contribution in [0.5, 0.6) is 23.0 Å². The summed E-state index contributed by atoms with van der Waals surface area (Å²) in [5, 5.41) is 1.53. The van der Waals surface area contributed by atoms with E-state index in [0.29, 0.717) is 41.9 Å². The Morgan fingerprint density at radius 3 is 1.65 bits per heavy atom. The van der Waals surface area contributed by atoms with Gasteiger partial charge in [-0.05, 0) is 43.9 Å². The van der Waals surface area contributed by atoms with Crippen LogP contribution < -0.4 is 18.9 Å². The standard InChI is InChI=1S/C24H31ClO6/c1-5-9-19(26)30-21-17-12-11-16(25)15-18(17)22(31-20(27)10-6-2)24(29-14-8-4)23(21)28-13-7-3/h11-12,15H,5-10,13-14H2,1-4H3. The summed E-state index contributed by atoms with van der Waals surface area (Å²) in [5.74, 6) is 0.216. The third kappa shape index (κ3) is 6.50. The summed E-state index contributed by atoms with van der Waals surface area (Å²) in [6.45, 7) is 8.49. The Labute approximate surface area is 188 Å². The minimum absolute atomic E-state index is 0.228. The van der Waals surface area contributed by atoms with Crippen molar-refractivity contribution in [1.82, 2.24) is 0 Å². The van der Waals surface area contributed by atoms with Crippen molar-refractivity contribution in [3.8, 4) is 23.0 Å². The van der Waals surface area contributed by atoms with Crippen LogP contribution in [0, 0.1) is 0 Å². The van der Waals surface area contributed by atoms with Crippen LogP contribution >= 0.6 is 11.6 Å². The Morgan fingerprint density at radius 2 is 1.19 bits per heavy atom. The molecule has 0 atom stereocenters. The van der Waals surface area contributed by atoms with Crippen LogP contribution in [0.15, 0.2) is 18.2 Å². The number of rotatable bonds is 12. The van der Waals surface area contributed by atoms with E-state index in [1.54, 1.807) is 18.2 Å². The molecule has 2 aromatic carbocycles. The van der Waals surface area contributed by atoms with E-state index >= 15 is 0 Å². The predicted octanol–water partition coefficient (Wildman–Crippen LogP) is 6.48. The maximum Gasteiger partial charge on any atom is 0.311 e. The van der Waals surface area contributed by atoms with Gasteiger partial charge in [-0.1, -0.05) is 39.3 Å². The molecule has 6 nitrogen and oxygen atoms in total. The first-order valence-electron chi connectivity index (χ1n) is 10.9. The fourth-order valence-corrected chi connectivity index (χ4v) is 3.14. The molecule has 0 saturated heterocycles. The number of ether oxygens (including phenoxy) is 4. The van der Waals surface area contributed by atoms with Gasteiger partial charge < -0.3 is 18.9 Å². The van der Waals surface area contributed by atoms with Crippen LogP contribution in [0.1, 0.15) is 66.2 Å². The topological polar surface area (TPSA) is 71.1 Å². The molecule has 0 amide bonds. The Morgan fingerprint density at radius 1 is 0.710 bits per heavy atom. The first kappa shape index (κ1) is 24.8. The van der Waals surface area contributed by atoms with Gasteiger partial charge in [0.1, 0.15) is 0 Å². The first-order chi connectivity index (χ1) is 15.0. The van der Waals surface area contributed by atoms with Crippen molar-refractivity contribution in [3.63, 3.8) is 0 Å². The molecule has 0 unspecified atom stereocenters. The zero-order valence-corrected chi connectivity index (χ0v) is 19.5. The van der Waals surface area contributed by atoms with Crippen LogP contribution in [0.2, 0.25) is 5.02 Å². The summed E-state index contributed by atoms with van der Waals surface area (Å²) in [7, 11) is 0. The fraction of sp³-hybridized carbons (Fsp3) is 0.500. The van der Waals surface area contributed by atoms with Gasteiger partial charge in [-0.15, -0.1) is 0 Å². The minimum Gasteiger partial charge on any atom is -0.486 e. The molecule has 170 valence electrons. The molecule has 0 fully saturated rings. The van der Waals surface area contributed by atoms with Crippen LogP contribution in [0.3, 0.4) is 0 Å². The monoisotopic (exact) mass is 450 g/mol. The normalized spacial score (nSPS) is 10.7. The average molecular weight is 451 g/mol. The number of carbonyl (C=O) groups is 2. The Hall–Kier alpha value is -2.47. The Balaban J connectivity index is 2.81. The highest BCUT2D eigenvalue weighted by atomic mass is 35.5. The van der Waals surface area contributed by atoms with Crippen molar-refractivity contribution in [2.45, 2.75) is 66.2 Å². The van der Waals surface area contributed by atoms with Crippen molar-refractivity contribution < 1.29 is 28.5 Å². The van der Waals surface area contributed by atoms with Gasteiger partial charge in [-0.2, -0.15) is 0 Å². The summed E-state index contributed by atoms with van der Waals surface area (Å²) >= 11 is 6.26. The van der Waals surface area contributed by atoms with E-state index in [1.807, 2.05) is 27.7 Å². The molecule has 0 aromatic heterocycles. The smallest absolute Gasteiger partial charge is 0.311 e. The van der Waals surface area contributed by atoms with E-state index in [1.165, 1.54) is 0 Å². The lowest BCUT2D eigenvalue weighted by molar-refractivity contribution is -0.135. The van der Waals surface area contributed by atoms with Gasteiger partial charge in [0.2, 0.25) is 11.5 Å².